The molecule has 0 unspecified atom stereocenters. The second kappa shape index (κ2) is 7.34. The SMILES string of the molecule is Cc1sc(NC(=O)c2ccc(C(=O)c3ccccc3)cc2)c(C#N)c1C. The number of hydrogen-bond donors (Lipinski definition) is 1. The van der Waals surface area contributed by atoms with Crippen LogP contribution in [0.25, 0.3) is 0 Å². The number of nitriles is 1. The van der Waals surface area contributed by atoms with E-state index in [0.29, 0.717) is 27.3 Å². The monoisotopic (exact) mass is 360 g/mol. The van der Waals surface area contributed by atoms with E-state index in [1.165, 1.54) is 11.3 Å². The number of rotatable bonds is 4. The highest BCUT2D eigenvalue weighted by Crippen LogP contribution is 2.32. The minimum absolute atomic E-state index is 0.0890. The molecule has 0 radical (unpaired) electrons. The first-order valence-electron chi connectivity index (χ1n) is 8.02. The molecule has 128 valence electrons. The summed E-state index contributed by atoms with van der Waals surface area (Å²) >= 11 is 1.39. The van der Waals surface area contributed by atoms with Gasteiger partial charge in [-0.1, -0.05) is 42.5 Å². The Bertz CT molecular complexity index is 1010. The molecule has 0 aliphatic rings. The minimum atomic E-state index is -0.304. The maximum absolute atomic E-state index is 12.5. The van der Waals surface area contributed by atoms with Crippen LogP contribution in [0, 0.1) is 25.2 Å². The van der Waals surface area contributed by atoms with Gasteiger partial charge in [-0.3, -0.25) is 9.59 Å². The van der Waals surface area contributed by atoms with Gasteiger partial charge >= 0.3 is 0 Å². The van der Waals surface area contributed by atoms with Crippen molar-refractivity contribution < 1.29 is 9.59 Å². The molecule has 26 heavy (non-hydrogen) atoms. The molecule has 0 saturated heterocycles. The largest absolute Gasteiger partial charge is 0.312 e. The van der Waals surface area contributed by atoms with Gasteiger partial charge in [0.05, 0.1) is 5.56 Å². The molecule has 5 heteroatoms. The van der Waals surface area contributed by atoms with E-state index in [2.05, 4.69) is 11.4 Å². The van der Waals surface area contributed by atoms with Crippen LogP contribution in [0.5, 0.6) is 0 Å². The number of benzene rings is 2. The van der Waals surface area contributed by atoms with Crippen molar-refractivity contribution in [1.29, 1.82) is 5.26 Å². The van der Waals surface area contributed by atoms with E-state index >= 15 is 0 Å². The van der Waals surface area contributed by atoms with Crippen molar-refractivity contribution in [3.05, 3.63) is 87.3 Å². The Labute approximate surface area is 155 Å². The van der Waals surface area contributed by atoms with Crippen LogP contribution in [0.1, 0.15) is 42.3 Å². The average Bonchev–Trinajstić information content (AvgIpc) is 2.94. The Kier molecular flexibility index (Phi) is 4.97. The highest BCUT2D eigenvalue weighted by molar-refractivity contribution is 7.16. The minimum Gasteiger partial charge on any atom is -0.312 e. The van der Waals surface area contributed by atoms with Gasteiger partial charge in [0.1, 0.15) is 11.1 Å². The summed E-state index contributed by atoms with van der Waals surface area (Å²) in [6, 6.07) is 17.6. The summed E-state index contributed by atoms with van der Waals surface area (Å²) in [6.07, 6.45) is 0. The van der Waals surface area contributed by atoms with Crippen LogP contribution < -0.4 is 5.32 Å². The number of aryl methyl sites for hydroxylation is 1. The van der Waals surface area contributed by atoms with Crippen molar-refractivity contribution in [3.8, 4) is 6.07 Å². The summed E-state index contributed by atoms with van der Waals surface area (Å²) < 4.78 is 0. The molecule has 1 amide bonds. The van der Waals surface area contributed by atoms with Gasteiger partial charge < -0.3 is 5.32 Å². The van der Waals surface area contributed by atoms with Gasteiger partial charge in [0.15, 0.2) is 5.78 Å². The first-order chi connectivity index (χ1) is 12.5. The molecule has 1 heterocycles. The Balaban J connectivity index is 1.79. The van der Waals surface area contributed by atoms with Gasteiger partial charge in [-0.15, -0.1) is 11.3 Å². The predicted molar refractivity (Wildman–Crippen MR) is 103 cm³/mol. The molecule has 3 rings (SSSR count). The third-order valence-corrected chi connectivity index (χ3v) is 5.29. The summed E-state index contributed by atoms with van der Waals surface area (Å²) in [4.78, 5) is 25.9. The first-order valence-corrected chi connectivity index (χ1v) is 8.84. The molecule has 0 bridgehead atoms. The number of hydrogen-bond acceptors (Lipinski definition) is 4. The Morgan fingerprint density at radius 1 is 0.923 bits per heavy atom. The lowest BCUT2D eigenvalue weighted by Crippen LogP contribution is -2.12. The Morgan fingerprint density at radius 3 is 2.12 bits per heavy atom. The van der Waals surface area contributed by atoms with E-state index in [4.69, 9.17) is 0 Å². The molecule has 1 N–H and O–H groups in total. The molecule has 3 aromatic rings. The van der Waals surface area contributed by atoms with Crippen molar-refractivity contribution in [2.45, 2.75) is 13.8 Å². The second-order valence-corrected chi connectivity index (χ2v) is 7.05. The van der Waals surface area contributed by atoms with Gasteiger partial charge in [0.2, 0.25) is 0 Å². The maximum atomic E-state index is 12.5. The lowest BCUT2D eigenvalue weighted by molar-refractivity contribution is 0.102. The van der Waals surface area contributed by atoms with Crippen LogP contribution in [0.4, 0.5) is 5.00 Å². The topological polar surface area (TPSA) is 70.0 Å². The summed E-state index contributed by atoms with van der Waals surface area (Å²) in [5.74, 6) is -0.393. The van der Waals surface area contributed by atoms with Crippen molar-refractivity contribution in [3.63, 3.8) is 0 Å². The molecule has 0 fully saturated rings. The van der Waals surface area contributed by atoms with Crippen molar-refractivity contribution in [1.82, 2.24) is 0 Å². The highest BCUT2D eigenvalue weighted by Gasteiger charge is 2.16. The van der Waals surface area contributed by atoms with E-state index in [1.807, 2.05) is 32.0 Å². The molecular weight excluding hydrogens is 344 g/mol. The van der Waals surface area contributed by atoms with Crippen molar-refractivity contribution >= 4 is 28.0 Å². The summed E-state index contributed by atoms with van der Waals surface area (Å²) in [6.45, 7) is 3.78. The fourth-order valence-corrected chi connectivity index (χ4v) is 3.56. The summed E-state index contributed by atoms with van der Waals surface area (Å²) in [5.41, 5.74) is 2.94. The van der Waals surface area contributed by atoms with Crippen molar-refractivity contribution in [2.75, 3.05) is 5.32 Å². The fraction of sp³-hybridized carbons (Fsp3) is 0.0952. The van der Waals surface area contributed by atoms with E-state index in [9.17, 15) is 14.9 Å². The zero-order valence-corrected chi connectivity index (χ0v) is 15.2. The zero-order valence-electron chi connectivity index (χ0n) is 14.4. The van der Waals surface area contributed by atoms with Crippen LogP contribution in [0.3, 0.4) is 0 Å². The van der Waals surface area contributed by atoms with E-state index < -0.39 is 0 Å². The lowest BCUT2D eigenvalue weighted by Gasteiger charge is -2.05. The third kappa shape index (κ3) is 3.41. The molecule has 0 atom stereocenters. The molecule has 1 aromatic heterocycles. The first kappa shape index (κ1) is 17.6. The molecule has 0 spiro atoms. The molecule has 0 aliphatic heterocycles. The predicted octanol–water partition coefficient (Wildman–Crippen LogP) is 4.72. The van der Waals surface area contributed by atoms with Gasteiger partial charge in [-0.05, 0) is 31.5 Å². The van der Waals surface area contributed by atoms with Crippen LogP contribution in [-0.2, 0) is 0 Å². The average molecular weight is 360 g/mol. The number of thiophene rings is 1. The number of carbonyl (C=O) groups is 2. The molecule has 2 aromatic carbocycles. The number of ketones is 1. The standard InChI is InChI=1S/C21H16N2O2S/c1-13-14(2)26-21(18(13)12-22)23-20(25)17-10-8-16(9-11-17)19(24)15-6-4-3-5-7-15/h3-11H,1-2H3,(H,23,25). The van der Waals surface area contributed by atoms with Crippen LogP contribution >= 0.6 is 11.3 Å². The third-order valence-electron chi connectivity index (χ3n) is 4.17. The van der Waals surface area contributed by atoms with Gasteiger partial charge in [-0.25, -0.2) is 0 Å². The number of carbonyl (C=O) groups excluding carboxylic acids is 2. The Hall–Kier alpha value is -3.23. The smallest absolute Gasteiger partial charge is 0.256 e. The number of nitrogens with one attached hydrogen (secondary N) is 1. The zero-order chi connectivity index (χ0) is 18.7. The molecule has 0 aliphatic carbocycles. The van der Waals surface area contributed by atoms with Crippen molar-refractivity contribution in [2.24, 2.45) is 0 Å². The fourth-order valence-electron chi connectivity index (χ4n) is 2.55. The molecule has 0 saturated carbocycles. The van der Waals surface area contributed by atoms with E-state index in [-0.39, 0.29) is 11.7 Å². The van der Waals surface area contributed by atoms with Crippen LogP contribution in [0.15, 0.2) is 54.6 Å². The summed E-state index contributed by atoms with van der Waals surface area (Å²) in [5, 5.41) is 12.6. The van der Waals surface area contributed by atoms with Crippen LogP contribution in [0.2, 0.25) is 0 Å². The molecule has 4 nitrogen and oxygen atoms in total. The molecular formula is C21H16N2O2S. The van der Waals surface area contributed by atoms with Gasteiger partial charge in [-0.2, -0.15) is 5.26 Å². The number of amides is 1. The second-order valence-electron chi connectivity index (χ2n) is 5.83. The van der Waals surface area contributed by atoms with Gasteiger partial charge in [0, 0.05) is 21.6 Å². The summed E-state index contributed by atoms with van der Waals surface area (Å²) in [7, 11) is 0. The number of nitrogens with zero attached hydrogens (tertiary/aromatic N) is 1. The van der Waals surface area contributed by atoms with Crippen LogP contribution in [-0.4, -0.2) is 11.7 Å². The van der Waals surface area contributed by atoms with E-state index in [0.717, 1.165) is 10.4 Å². The normalized spacial score (nSPS) is 10.2. The highest BCUT2D eigenvalue weighted by atomic mass is 32.1. The maximum Gasteiger partial charge on any atom is 0.256 e. The van der Waals surface area contributed by atoms with Gasteiger partial charge in [0.25, 0.3) is 5.91 Å². The Morgan fingerprint density at radius 2 is 1.50 bits per heavy atom. The quantitative estimate of drug-likeness (QED) is 0.684. The number of anilines is 1. The lowest BCUT2D eigenvalue weighted by atomic mass is 10.0. The van der Waals surface area contributed by atoms with E-state index in [1.54, 1.807) is 36.4 Å².